The van der Waals surface area contributed by atoms with Crippen LogP contribution >= 0.6 is 24.0 Å². The normalized spacial score (nSPS) is 12.5. The maximum Gasteiger partial charge on any atom is 0.191 e. The van der Waals surface area contributed by atoms with Crippen LogP contribution in [0.25, 0.3) is 0 Å². The number of hydrogen-bond donors (Lipinski definition) is 2. The summed E-state index contributed by atoms with van der Waals surface area (Å²) in [6, 6.07) is 8.27. The molecule has 2 N–H and O–H groups in total. The van der Waals surface area contributed by atoms with Crippen LogP contribution in [-0.4, -0.2) is 38.9 Å². The lowest BCUT2D eigenvalue weighted by atomic mass is 10.2. The minimum atomic E-state index is 0. The van der Waals surface area contributed by atoms with Crippen LogP contribution in [0.4, 0.5) is 0 Å². The third-order valence-electron chi connectivity index (χ3n) is 3.10. The number of guanidine groups is 1. The average Bonchev–Trinajstić information content (AvgIpc) is 2.51. The lowest BCUT2D eigenvalue weighted by molar-refractivity contribution is 0.179. The molecule has 0 aliphatic carbocycles. The number of hydrogen-bond acceptors (Lipinski definition) is 3. The number of para-hydroxylation sites is 1. The molecule has 0 aromatic heterocycles. The van der Waals surface area contributed by atoms with Gasteiger partial charge in [-0.2, -0.15) is 0 Å². The Morgan fingerprint density at radius 3 is 2.50 bits per heavy atom. The highest BCUT2D eigenvalue weighted by Gasteiger charge is 2.07. The number of halogens is 1. The summed E-state index contributed by atoms with van der Waals surface area (Å²) in [5.74, 6) is 2.20. The highest BCUT2D eigenvalue weighted by Crippen LogP contribution is 2.19. The quantitative estimate of drug-likeness (QED) is 0.345. The Labute approximate surface area is 163 Å². The molecule has 24 heavy (non-hydrogen) atoms. The summed E-state index contributed by atoms with van der Waals surface area (Å²) in [7, 11) is 1.70. The fourth-order valence-corrected chi connectivity index (χ4v) is 2.04. The van der Waals surface area contributed by atoms with Crippen LogP contribution in [0.2, 0.25) is 0 Å². The zero-order valence-electron chi connectivity index (χ0n) is 15.5. The van der Waals surface area contributed by atoms with Gasteiger partial charge in [-0.15, -0.1) is 24.0 Å². The van der Waals surface area contributed by atoms with Crippen molar-refractivity contribution < 1.29 is 9.47 Å². The standard InChI is InChI=1S/C18H31N3O2.HI/c1-6-19-18(21-15(4)13-22-5)20-11-16-9-7-8-10-17(16)23-12-14(2)3;/h7-10,14-15H,6,11-13H2,1-5H3,(H2,19,20,21);1H. The van der Waals surface area contributed by atoms with Gasteiger partial charge in [0.1, 0.15) is 5.75 Å². The first kappa shape index (κ1) is 23.0. The van der Waals surface area contributed by atoms with E-state index in [0.29, 0.717) is 25.7 Å². The van der Waals surface area contributed by atoms with Crippen LogP contribution in [0, 0.1) is 5.92 Å². The predicted octanol–water partition coefficient (Wildman–Crippen LogP) is 3.43. The van der Waals surface area contributed by atoms with Crippen molar-refractivity contribution in [2.24, 2.45) is 10.9 Å². The van der Waals surface area contributed by atoms with Gasteiger partial charge in [0.15, 0.2) is 5.96 Å². The van der Waals surface area contributed by atoms with Gasteiger partial charge in [-0.25, -0.2) is 4.99 Å². The summed E-state index contributed by atoms with van der Waals surface area (Å²) in [6.07, 6.45) is 0. The molecule has 0 saturated carbocycles. The zero-order chi connectivity index (χ0) is 17.1. The van der Waals surface area contributed by atoms with Gasteiger partial charge in [-0.05, 0) is 25.8 Å². The van der Waals surface area contributed by atoms with Crippen LogP contribution in [0.1, 0.15) is 33.3 Å². The molecule has 138 valence electrons. The SMILES string of the molecule is CCNC(=NCc1ccccc1OCC(C)C)NC(C)COC.I. The fraction of sp³-hybridized carbons (Fsp3) is 0.611. The van der Waals surface area contributed by atoms with Crippen molar-refractivity contribution in [2.45, 2.75) is 40.3 Å². The zero-order valence-corrected chi connectivity index (χ0v) is 17.8. The maximum absolute atomic E-state index is 5.88. The van der Waals surface area contributed by atoms with Crippen molar-refractivity contribution in [2.75, 3.05) is 26.9 Å². The molecule has 1 unspecified atom stereocenters. The number of nitrogens with one attached hydrogen (secondary N) is 2. The molecule has 0 saturated heterocycles. The van der Waals surface area contributed by atoms with E-state index in [1.807, 2.05) is 18.2 Å². The molecule has 1 aromatic rings. The monoisotopic (exact) mass is 449 g/mol. The first-order valence-corrected chi connectivity index (χ1v) is 8.31. The number of rotatable bonds is 9. The lowest BCUT2D eigenvalue weighted by Crippen LogP contribution is -2.43. The molecule has 0 spiro atoms. The number of ether oxygens (including phenoxy) is 2. The summed E-state index contributed by atoms with van der Waals surface area (Å²) in [5, 5.41) is 6.59. The van der Waals surface area contributed by atoms with E-state index in [1.165, 1.54) is 0 Å². The van der Waals surface area contributed by atoms with Crippen LogP contribution in [0.3, 0.4) is 0 Å². The van der Waals surface area contributed by atoms with Crippen LogP contribution in [-0.2, 0) is 11.3 Å². The van der Waals surface area contributed by atoms with E-state index in [4.69, 9.17) is 9.47 Å². The molecule has 0 amide bonds. The molecule has 1 aromatic carbocycles. The molecular weight excluding hydrogens is 417 g/mol. The smallest absolute Gasteiger partial charge is 0.191 e. The minimum absolute atomic E-state index is 0. The third-order valence-corrected chi connectivity index (χ3v) is 3.10. The van der Waals surface area contributed by atoms with Crippen LogP contribution < -0.4 is 15.4 Å². The van der Waals surface area contributed by atoms with E-state index in [2.05, 4.69) is 49.4 Å². The van der Waals surface area contributed by atoms with E-state index in [-0.39, 0.29) is 30.0 Å². The predicted molar refractivity (Wildman–Crippen MR) is 111 cm³/mol. The van der Waals surface area contributed by atoms with Gasteiger partial charge in [-0.1, -0.05) is 32.0 Å². The summed E-state index contributed by atoms with van der Waals surface area (Å²) < 4.78 is 11.0. The summed E-state index contributed by atoms with van der Waals surface area (Å²) in [5.41, 5.74) is 1.09. The van der Waals surface area contributed by atoms with Gasteiger partial charge in [0.2, 0.25) is 0 Å². The third kappa shape index (κ3) is 9.32. The number of aliphatic imine (C=N–C) groups is 1. The molecule has 5 nitrogen and oxygen atoms in total. The Bertz CT molecular complexity index is 481. The molecule has 0 fully saturated rings. The van der Waals surface area contributed by atoms with E-state index in [9.17, 15) is 0 Å². The van der Waals surface area contributed by atoms with Crippen molar-refractivity contribution in [3.63, 3.8) is 0 Å². The highest BCUT2D eigenvalue weighted by molar-refractivity contribution is 14.0. The van der Waals surface area contributed by atoms with Gasteiger partial charge < -0.3 is 20.1 Å². The van der Waals surface area contributed by atoms with Gasteiger partial charge in [0.25, 0.3) is 0 Å². The van der Waals surface area contributed by atoms with E-state index in [1.54, 1.807) is 7.11 Å². The van der Waals surface area contributed by atoms with E-state index >= 15 is 0 Å². The van der Waals surface area contributed by atoms with Gasteiger partial charge >= 0.3 is 0 Å². The van der Waals surface area contributed by atoms with Crippen molar-refractivity contribution in [1.29, 1.82) is 0 Å². The van der Waals surface area contributed by atoms with Gasteiger partial charge in [0, 0.05) is 25.3 Å². The second-order valence-electron chi connectivity index (χ2n) is 6.01. The summed E-state index contributed by atoms with van der Waals surface area (Å²) >= 11 is 0. The Kier molecular flexibility index (Phi) is 12.7. The molecular formula is C18H32IN3O2. The van der Waals surface area contributed by atoms with Gasteiger partial charge in [-0.3, -0.25) is 0 Å². The largest absolute Gasteiger partial charge is 0.493 e. The van der Waals surface area contributed by atoms with Gasteiger partial charge in [0.05, 0.1) is 19.8 Å². The average molecular weight is 449 g/mol. The Balaban J connectivity index is 0.00000529. The molecule has 0 radical (unpaired) electrons. The molecule has 1 rings (SSSR count). The summed E-state index contributed by atoms with van der Waals surface area (Å²) in [6.45, 7) is 11.1. The minimum Gasteiger partial charge on any atom is -0.493 e. The van der Waals surface area contributed by atoms with Crippen molar-refractivity contribution in [3.8, 4) is 5.75 Å². The molecule has 0 aliphatic rings. The maximum atomic E-state index is 5.88. The van der Waals surface area contributed by atoms with Crippen molar-refractivity contribution in [3.05, 3.63) is 29.8 Å². The topological polar surface area (TPSA) is 54.9 Å². The van der Waals surface area contributed by atoms with Crippen molar-refractivity contribution >= 4 is 29.9 Å². The molecule has 0 heterocycles. The Morgan fingerprint density at radius 1 is 1.17 bits per heavy atom. The Hall–Kier alpha value is -1.02. The van der Waals surface area contributed by atoms with E-state index < -0.39 is 0 Å². The Morgan fingerprint density at radius 2 is 1.88 bits per heavy atom. The molecule has 0 aliphatic heterocycles. The van der Waals surface area contributed by atoms with Crippen LogP contribution in [0.5, 0.6) is 5.75 Å². The number of nitrogens with zero attached hydrogens (tertiary/aromatic N) is 1. The molecule has 0 bridgehead atoms. The molecule has 6 heteroatoms. The van der Waals surface area contributed by atoms with Crippen molar-refractivity contribution in [1.82, 2.24) is 10.6 Å². The first-order valence-electron chi connectivity index (χ1n) is 8.31. The summed E-state index contributed by atoms with van der Waals surface area (Å²) in [4.78, 5) is 4.65. The fourth-order valence-electron chi connectivity index (χ4n) is 2.04. The van der Waals surface area contributed by atoms with E-state index in [0.717, 1.165) is 23.8 Å². The second-order valence-corrected chi connectivity index (χ2v) is 6.01. The highest BCUT2D eigenvalue weighted by atomic mass is 127. The number of methoxy groups -OCH3 is 1. The molecule has 1 atom stereocenters. The first-order chi connectivity index (χ1) is 11.1. The van der Waals surface area contributed by atoms with Crippen LogP contribution in [0.15, 0.2) is 29.3 Å². The lowest BCUT2D eigenvalue weighted by Gasteiger charge is -2.17. The second kappa shape index (κ2) is 13.3. The number of benzene rings is 1.